The van der Waals surface area contributed by atoms with Crippen molar-refractivity contribution in [3.05, 3.63) is 23.4 Å². The molecule has 2 fully saturated rings. The molecule has 0 spiro atoms. The molecule has 21 heavy (non-hydrogen) atoms. The zero-order valence-electron chi connectivity index (χ0n) is 12.1. The molecule has 0 atom stereocenters. The number of rotatable bonds is 6. The maximum atomic E-state index is 12.7. The van der Waals surface area contributed by atoms with Crippen molar-refractivity contribution in [1.82, 2.24) is 10.3 Å². The summed E-state index contributed by atoms with van der Waals surface area (Å²) in [7, 11) is 0. The molecule has 1 N–H and O–H groups in total. The first kappa shape index (κ1) is 14.6. The minimum atomic E-state index is -4.19. The summed E-state index contributed by atoms with van der Waals surface area (Å²) in [5, 5.41) is 3.40. The lowest BCUT2D eigenvalue weighted by Gasteiger charge is -2.25. The Labute approximate surface area is 122 Å². The van der Waals surface area contributed by atoms with Crippen molar-refractivity contribution in [3.63, 3.8) is 0 Å². The lowest BCUT2D eigenvalue weighted by molar-refractivity contribution is -0.120. The van der Waals surface area contributed by atoms with Crippen LogP contribution in [0.5, 0.6) is 0 Å². The van der Waals surface area contributed by atoms with E-state index in [0.29, 0.717) is 11.9 Å². The molecule has 0 unspecified atom stereocenters. The first-order valence-electron chi connectivity index (χ1n) is 7.46. The number of hydrogen-bond acceptors (Lipinski definition) is 3. The lowest BCUT2D eigenvalue weighted by Crippen LogP contribution is -2.36. The van der Waals surface area contributed by atoms with Gasteiger partial charge in [-0.05, 0) is 44.2 Å². The molecule has 3 rings (SSSR count). The Morgan fingerprint density at radius 1 is 1.24 bits per heavy atom. The van der Waals surface area contributed by atoms with Crippen molar-refractivity contribution in [3.8, 4) is 0 Å². The van der Waals surface area contributed by atoms with Gasteiger partial charge in [-0.25, -0.2) is 4.98 Å². The van der Waals surface area contributed by atoms with Gasteiger partial charge in [0.2, 0.25) is 0 Å². The molecule has 0 amide bonds. The van der Waals surface area contributed by atoms with Crippen LogP contribution in [-0.4, -0.2) is 29.8 Å². The van der Waals surface area contributed by atoms with Crippen LogP contribution in [-0.2, 0) is 6.54 Å². The molecule has 3 nitrogen and oxygen atoms in total. The molecule has 0 saturated heterocycles. The predicted octanol–water partition coefficient (Wildman–Crippen LogP) is 3.17. The van der Waals surface area contributed by atoms with Crippen LogP contribution in [0.15, 0.2) is 12.1 Å². The molecular formula is C15H20F3N3. The fourth-order valence-corrected chi connectivity index (χ4v) is 2.44. The Kier molecular flexibility index (Phi) is 3.82. The molecule has 2 aliphatic carbocycles. The summed E-state index contributed by atoms with van der Waals surface area (Å²) in [5.74, 6) is 0.447. The van der Waals surface area contributed by atoms with Crippen LogP contribution in [0.1, 0.15) is 36.9 Å². The van der Waals surface area contributed by atoms with Crippen molar-refractivity contribution >= 4 is 5.82 Å². The van der Waals surface area contributed by atoms with Gasteiger partial charge in [0.1, 0.15) is 12.4 Å². The molecule has 1 aromatic heterocycles. The summed E-state index contributed by atoms with van der Waals surface area (Å²) < 4.78 is 38.1. The Balaban J connectivity index is 1.71. The fraction of sp³-hybridized carbons (Fsp3) is 0.667. The third-order valence-corrected chi connectivity index (χ3v) is 3.97. The number of aryl methyl sites for hydroxylation is 1. The van der Waals surface area contributed by atoms with Crippen LogP contribution < -0.4 is 10.2 Å². The molecule has 1 heterocycles. The van der Waals surface area contributed by atoms with Gasteiger partial charge >= 0.3 is 6.18 Å². The van der Waals surface area contributed by atoms with Crippen molar-refractivity contribution < 1.29 is 13.2 Å². The zero-order valence-corrected chi connectivity index (χ0v) is 12.1. The summed E-state index contributed by atoms with van der Waals surface area (Å²) in [6.45, 7) is 1.70. The van der Waals surface area contributed by atoms with Crippen molar-refractivity contribution in [2.75, 3.05) is 11.4 Å². The van der Waals surface area contributed by atoms with Crippen LogP contribution in [0, 0.1) is 6.92 Å². The summed E-state index contributed by atoms with van der Waals surface area (Å²) in [4.78, 5) is 5.80. The number of pyridine rings is 1. The van der Waals surface area contributed by atoms with Crippen LogP contribution in [0.4, 0.5) is 19.0 Å². The van der Waals surface area contributed by atoms with Gasteiger partial charge < -0.3 is 10.2 Å². The number of aromatic nitrogens is 1. The zero-order chi connectivity index (χ0) is 15.0. The average Bonchev–Trinajstić information content (AvgIpc) is 3.26. The molecule has 2 saturated carbocycles. The molecule has 0 radical (unpaired) electrons. The second-order valence-electron chi connectivity index (χ2n) is 6.04. The van der Waals surface area contributed by atoms with Gasteiger partial charge in [-0.3, -0.25) is 0 Å². The topological polar surface area (TPSA) is 28.2 Å². The highest BCUT2D eigenvalue weighted by atomic mass is 19.4. The van der Waals surface area contributed by atoms with Crippen molar-refractivity contribution in [2.24, 2.45) is 0 Å². The summed E-state index contributed by atoms with van der Waals surface area (Å²) in [6, 6.07) is 4.23. The standard InChI is InChI=1S/C15H20F3N3/c1-10-11(8-19-12-3-4-12)2-7-14(20-10)21(13-5-6-13)9-15(16,17)18/h2,7,12-13,19H,3-6,8-9H2,1H3. The molecule has 0 bridgehead atoms. The Morgan fingerprint density at radius 3 is 2.48 bits per heavy atom. The quantitative estimate of drug-likeness (QED) is 0.874. The highest BCUT2D eigenvalue weighted by molar-refractivity contribution is 5.44. The van der Waals surface area contributed by atoms with Gasteiger partial charge in [0.15, 0.2) is 0 Å². The highest BCUT2D eigenvalue weighted by Gasteiger charge is 2.38. The third kappa shape index (κ3) is 4.09. The normalized spacial score (nSPS) is 18.9. The smallest absolute Gasteiger partial charge is 0.345 e. The van der Waals surface area contributed by atoms with E-state index in [1.165, 1.54) is 17.7 Å². The molecular weight excluding hydrogens is 279 g/mol. The number of hydrogen-bond donors (Lipinski definition) is 1. The van der Waals surface area contributed by atoms with Crippen molar-refractivity contribution in [2.45, 2.75) is 57.4 Å². The van der Waals surface area contributed by atoms with Gasteiger partial charge in [-0.1, -0.05) is 6.07 Å². The van der Waals surface area contributed by atoms with Crippen LogP contribution >= 0.6 is 0 Å². The molecule has 0 aromatic carbocycles. The van der Waals surface area contributed by atoms with E-state index in [2.05, 4.69) is 10.3 Å². The van der Waals surface area contributed by atoms with Crippen LogP contribution in [0.25, 0.3) is 0 Å². The fourth-order valence-electron chi connectivity index (χ4n) is 2.44. The van der Waals surface area contributed by atoms with Gasteiger partial charge in [-0.15, -0.1) is 0 Å². The van der Waals surface area contributed by atoms with E-state index in [1.807, 2.05) is 13.0 Å². The van der Waals surface area contributed by atoms with Crippen molar-refractivity contribution in [1.29, 1.82) is 0 Å². The van der Waals surface area contributed by atoms with E-state index in [-0.39, 0.29) is 6.04 Å². The first-order valence-corrected chi connectivity index (χ1v) is 7.46. The number of anilines is 1. The number of nitrogens with one attached hydrogen (secondary N) is 1. The van der Waals surface area contributed by atoms with Gasteiger partial charge in [0.05, 0.1) is 0 Å². The van der Waals surface area contributed by atoms with E-state index in [0.717, 1.165) is 30.6 Å². The monoisotopic (exact) mass is 299 g/mol. The van der Waals surface area contributed by atoms with Gasteiger partial charge in [0, 0.05) is 24.3 Å². The van der Waals surface area contributed by atoms with Gasteiger partial charge in [-0.2, -0.15) is 13.2 Å². The molecule has 0 aliphatic heterocycles. The maximum absolute atomic E-state index is 12.7. The highest BCUT2D eigenvalue weighted by Crippen LogP contribution is 2.33. The summed E-state index contributed by atoms with van der Waals surface area (Å²) >= 11 is 0. The summed E-state index contributed by atoms with van der Waals surface area (Å²) in [5.41, 5.74) is 1.88. The second-order valence-corrected chi connectivity index (χ2v) is 6.04. The Bertz CT molecular complexity index is 507. The SMILES string of the molecule is Cc1nc(N(CC(F)(F)F)C2CC2)ccc1CNC1CC1. The van der Waals surface area contributed by atoms with Crippen LogP contribution in [0.3, 0.4) is 0 Å². The lowest BCUT2D eigenvalue weighted by atomic mass is 10.2. The van der Waals surface area contributed by atoms with Crippen LogP contribution in [0.2, 0.25) is 0 Å². The average molecular weight is 299 g/mol. The van der Waals surface area contributed by atoms with Gasteiger partial charge in [0.25, 0.3) is 0 Å². The minimum Gasteiger partial charge on any atom is -0.345 e. The maximum Gasteiger partial charge on any atom is 0.405 e. The predicted molar refractivity (Wildman–Crippen MR) is 75.3 cm³/mol. The molecule has 1 aromatic rings. The number of alkyl halides is 3. The van der Waals surface area contributed by atoms with E-state index in [4.69, 9.17) is 0 Å². The third-order valence-electron chi connectivity index (χ3n) is 3.97. The summed E-state index contributed by atoms with van der Waals surface area (Å²) in [6.07, 6.45) is -0.120. The van der Waals surface area contributed by atoms with E-state index in [1.54, 1.807) is 6.07 Å². The Morgan fingerprint density at radius 2 is 1.95 bits per heavy atom. The number of nitrogens with zero attached hydrogens (tertiary/aromatic N) is 2. The molecule has 116 valence electrons. The second kappa shape index (κ2) is 5.48. The first-order chi connectivity index (χ1) is 9.92. The molecule has 6 heteroatoms. The minimum absolute atomic E-state index is 0.00559. The number of halogens is 3. The van der Waals surface area contributed by atoms with E-state index < -0.39 is 12.7 Å². The Hall–Kier alpha value is -1.30. The van der Waals surface area contributed by atoms with E-state index in [9.17, 15) is 13.2 Å². The largest absolute Gasteiger partial charge is 0.405 e. The molecule has 2 aliphatic rings. The van der Waals surface area contributed by atoms with E-state index >= 15 is 0 Å².